The summed E-state index contributed by atoms with van der Waals surface area (Å²) in [6, 6.07) is 8.01. The fourth-order valence-corrected chi connectivity index (χ4v) is 3.67. The Labute approximate surface area is 157 Å². The Morgan fingerprint density at radius 3 is 2.85 bits per heavy atom. The molecule has 0 fully saturated rings. The minimum atomic E-state index is -0.0736. The van der Waals surface area contributed by atoms with Gasteiger partial charge in [0.15, 0.2) is 0 Å². The fraction of sp³-hybridized carbons (Fsp3) is 0.368. The molecule has 2 N–H and O–H groups in total. The van der Waals surface area contributed by atoms with E-state index in [0.717, 1.165) is 42.3 Å². The van der Waals surface area contributed by atoms with Crippen molar-refractivity contribution < 1.29 is 4.79 Å². The van der Waals surface area contributed by atoms with E-state index in [1.807, 2.05) is 16.8 Å². The van der Waals surface area contributed by atoms with Gasteiger partial charge in [-0.1, -0.05) is 12.1 Å². The SMILES string of the molecule is CCn1ncnc1CN1CCc2[nH]cnc2[C@H]1c1ccc(NC(C)=O)cc1. The molecule has 1 aliphatic rings. The van der Waals surface area contributed by atoms with Crippen molar-refractivity contribution in [2.45, 2.75) is 39.4 Å². The molecular formula is C19H23N7O. The summed E-state index contributed by atoms with van der Waals surface area (Å²) >= 11 is 0. The standard InChI is InChI=1S/C19H23N7O/c1-3-26-17(21-12-23-26)10-25-9-8-16-18(22-11-20-16)19(25)14-4-6-15(7-5-14)24-13(2)27/h4-7,11-12,19H,3,8-10H2,1-2H3,(H,20,22)(H,24,27)/t19-/m1/s1. The zero-order chi connectivity index (χ0) is 18.8. The van der Waals surface area contributed by atoms with E-state index in [4.69, 9.17) is 0 Å². The van der Waals surface area contributed by atoms with Gasteiger partial charge in [0.05, 0.1) is 24.6 Å². The molecule has 3 heterocycles. The van der Waals surface area contributed by atoms with Crippen LogP contribution in [0, 0.1) is 0 Å². The van der Waals surface area contributed by atoms with E-state index in [1.165, 1.54) is 12.6 Å². The summed E-state index contributed by atoms with van der Waals surface area (Å²) in [5, 5.41) is 7.10. The maximum absolute atomic E-state index is 11.3. The van der Waals surface area contributed by atoms with Crippen molar-refractivity contribution in [1.82, 2.24) is 29.6 Å². The molecule has 1 atom stereocenters. The van der Waals surface area contributed by atoms with E-state index >= 15 is 0 Å². The van der Waals surface area contributed by atoms with Crippen LogP contribution < -0.4 is 5.32 Å². The van der Waals surface area contributed by atoms with Crippen LogP contribution in [0.3, 0.4) is 0 Å². The van der Waals surface area contributed by atoms with Crippen LogP contribution >= 0.6 is 0 Å². The number of carbonyl (C=O) groups excluding carboxylic acids is 1. The van der Waals surface area contributed by atoms with Gasteiger partial charge in [-0.2, -0.15) is 5.10 Å². The van der Waals surface area contributed by atoms with Crippen LogP contribution in [-0.2, 0) is 24.3 Å². The Morgan fingerprint density at radius 2 is 2.11 bits per heavy atom. The molecule has 3 aromatic rings. The van der Waals surface area contributed by atoms with E-state index in [2.05, 4.69) is 49.3 Å². The first-order chi connectivity index (χ1) is 13.2. The van der Waals surface area contributed by atoms with Gasteiger partial charge in [-0.05, 0) is 24.6 Å². The topological polar surface area (TPSA) is 91.7 Å². The van der Waals surface area contributed by atoms with Gasteiger partial charge in [-0.3, -0.25) is 9.69 Å². The smallest absolute Gasteiger partial charge is 0.221 e. The number of nitrogens with one attached hydrogen (secondary N) is 2. The molecule has 27 heavy (non-hydrogen) atoms. The van der Waals surface area contributed by atoms with Crippen molar-refractivity contribution in [3.63, 3.8) is 0 Å². The Kier molecular flexibility index (Phi) is 4.72. The Bertz CT molecular complexity index is 928. The lowest BCUT2D eigenvalue weighted by Gasteiger charge is -2.35. The molecule has 1 aliphatic heterocycles. The summed E-state index contributed by atoms with van der Waals surface area (Å²) in [6.07, 6.45) is 4.30. The van der Waals surface area contributed by atoms with Gasteiger partial charge < -0.3 is 10.3 Å². The predicted molar refractivity (Wildman–Crippen MR) is 101 cm³/mol. The molecule has 2 aromatic heterocycles. The van der Waals surface area contributed by atoms with E-state index in [-0.39, 0.29) is 11.9 Å². The summed E-state index contributed by atoms with van der Waals surface area (Å²) in [4.78, 5) is 26.0. The summed E-state index contributed by atoms with van der Waals surface area (Å²) in [6.45, 7) is 5.99. The first-order valence-electron chi connectivity index (χ1n) is 9.16. The van der Waals surface area contributed by atoms with Crippen molar-refractivity contribution in [1.29, 1.82) is 0 Å². The normalized spacial score (nSPS) is 16.9. The van der Waals surface area contributed by atoms with Crippen LogP contribution in [0.4, 0.5) is 5.69 Å². The van der Waals surface area contributed by atoms with E-state index in [0.29, 0.717) is 6.54 Å². The zero-order valence-corrected chi connectivity index (χ0v) is 15.5. The minimum absolute atomic E-state index is 0.0355. The molecule has 0 unspecified atom stereocenters. The van der Waals surface area contributed by atoms with E-state index in [1.54, 1.807) is 12.7 Å². The van der Waals surface area contributed by atoms with Gasteiger partial charge in [0.25, 0.3) is 0 Å². The number of anilines is 1. The second kappa shape index (κ2) is 7.32. The van der Waals surface area contributed by atoms with Gasteiger partial charge in [0.1, 0.15) is 12.2 Å². The van der Waals surface area contributed by atoms with Crippen LogP contribution in [0.15, 0.2) is 36.9 Å². The number of amides is 1. The maximum atomic E-state index is 11.3. The van der Waals surface area contributed by atoms with Crippen molar-refractivity contribution >= 4 is 11.6 Å². The highest BCUT2D eigenvalue weighted by atomic mass is 16.1. The molecule has 1 amide bonds. The molecule has 1 aromatic carbocycles. The molecule has 8 heteroatoms. The highest BCUT2D eigenvalue weighted by molar-refractivity contribution is 5.88. The predicted octanol–water partition coefficient (Wildman–Crippen LogP) is 2.13. The molecule has 0 saturated carbocycles. The van der Waals surface area contributed by atoms with Crippen LogP contribution in [0.25, 0.3) is 0 Å². The minimum Gasteiger partial charge on any atom is -0.348 e. The second-order valence-electron chi connectivity index (χ2n) is 6.68. The number of benzene rings is 1. The first-order valence-corrected chi connectivity index (χ1v) is 9.16. The van der Waals surface area contributed by atoms with E-state index in [9.17, 15) is 4.79 Å². The third-order valence-corrected chi connectivity index (χ3v) is 4.91. The number of fused-ring (bicyclic) bond motifs is 1. The molecular weight excluding hydrogens is 342 g/mol. The number of hydrogen-bond donors (Lipinski definition) is 2. The molecule has 8 nitrogen and oxygen atoms in total. The molecule has 0 saturated heterocycles. The average molecular weight is 365 g/mol. The summed E-state index contributed by atoms with van der Waals surface area (Å²) < 4.78 is 1.93. The number of rotatable bonds is 5. The molecule has 0 aliphatic carbocycles. The lowest BCUT2D eigenvalue weighted by molar-refractivity contribution is -0.114. The first kappa shape index (κ1) is 17.4. The molecule has 140 valence electrons. The number of hydrogen-bond acceptors (Lipinski definition) is 5. The van der Waals surface area contributed by atoms with Crippen LogP contribution in [-0.4, -0.2) is 42.1 Å². The second-order valence-corrected chi connectivity index (χ2v) is 6.68. The summed E-state index contributed by atoms with van der Waals surface area (Å²) in [5.41, 5.74) is 4.16. The van der Waals surface area contributed by atoms with Crippen molar-refractivity contribution in [2.75, 3.05) is 11.9 Å². The molecule has 4 rings (SSSR count). The van der Waals surface area contributed by atoms with Crippen molar-refractivity contribution in [2.24, 2.45) is 0 Å². The third-order valence-electron chi connectivity index (χ3n) is 4.91. The number of aryl methyl sites for hydroxylation is 1. The van der Waals surface area contributed by atoms with Crippen molar-refractivity contribution in [3.05, 3.63) is 59.7 Å². The summed E-state index contributed by atoms with van der Waals surface area (Å²) in [5.74, 6) is 0.881. The zero-order valence-electron chi connectivity index (χ0n) is 15.5. The lowest BCUT2D eigenvalue weighted by Crippen LogP contribution is -2.36. The van der Waals surface area contributed by atoms with Gasteiger partial charge in [-0.15, -0.1) is 0 Å². The molecule has 0 spiro atoms. The monoisotopic (exact) mass is 365 g/mol. The maximum Gasteiger partial charge on any atom is 0.221 e. The Balaban J connectivity index is 1.66. The van der Waals surface area contributed by atoms with Gasteiger partial charge in [0.2, 0.25) is 5.91 Å². The number of imidazole rings is 1. The summed E-state index contributed by atoms with van der Waals surface area (Å²) in [7, 11) is 0. The highest BCUT2D eigenvalue weighted by Gasteiger charge is 2.31. The lowest BCUT2D eigenvalue weighted by atomic mass is 9.95. The van der Waals surface area contributed by atoms with Crippen LogP contribution in [0.5, 0.6) is 0 Å². The average Bonchev–Trinajstić information content (AvgIpc) is 3.31. The van der Waals surface area contributed by atoms with Crippen LogP contribution in [0.2, 0.25) is 0 Å². The van der Waals surface area contributed by atoms with E-state index < -0.39 is 0 Å². The van der Waals surface area contributed by atoms with Crippen LogP contribution in [0.1, 0.15) is 42.7 Å². The van der Waals surface area contributed by atoms with Crippen molar-refractivity contribution in [3.8, 4) is 0 Å². The molecule has 0 radical (unpaired) electrons. The number of carbonyl (C=O) groups is 1. The quantitative estimate of drug-likeness (QED) is 0.723. The highest BCUT2D eigenvalue weighted by Crippen LogP contribution is 2.34. The third kappa shape index (κ3) is 3.48. The largest absolute Gasteiger partial charge is 0.348 e. The van der Waals surface area contributed by atoms with Gasteiger partial charge >= 0.3 is 0 Å². The number of H-pyrrole nitrogens is 1. The number of nitrogens with zero attached hydrogens (tertiary/aromatic N) is 5. The number of aromatic amines is 1. The van der Waals surface area contributed by atoms with Gasteiger partial charge in [-0.25, -0.2) is 14.6 Å². The Hall–Kier alpha value is -3.00. The number of aromatic nitrogens is 5. The fourth-order valence-electron chi connectivity index (χ4n) is 3.67. The van der Waals surface area contributed by atoms with Gasteiger partial charge in [0, 0.05) is 37.8 Å². The molecule has 0 bridgehead atoms. The Morgan fingerprint density at radius 1 is 1.30 bits per heavy atom.